The maximum Gasteiger partial charge on any atom is 0.272 e. The van der Waals surface area contributed by atoms with Gasteiger partial charge in [-0.05, 0) is 45.8 Å². The number of hydrogen-bond donors (Lipinski definition) is 2. The zero-order chi connectivity index (χ0) is 23.3. The normalized spacial score (nSPS) is 21.5. The molecule has 3 rings (SSSR count). The Morgan fingerprint density at radius 3 is 2.56 bits per heavy atom. The second-order valence-corrected chi connectivity index (χ2v) is 9.16. The molecule has 0 spiro atoms. The number of fused-ring (bicyclic) bond motifs is 1. The average Bonchev–Trinajstić information content (AvgIpc) is 3.22. The van der Waals surface area contributed by atoms with Gasteiger partial charge in [-0.25, -0.2) is 0 Å². The average molecular weight is 447 g/mol. The van der Waals surface area contributed by atoms with Gasteiger partial charge in [0.15, 0.2) is 5.69 Å². The lowest BCUT2D eigenvalue weighted by Crippen LogP contribution is -2.63. The second-order valence-electron chi connectivity index (χ2n) is 9.16. The van der Waals surface area contributed by atoms with Crippen molar-refractivity contribution in [2.45, 2.75) is 77.4 Å². The molecule has 1 aromatic heterocycles. The van der Waals surface area contributed by atoms with E-state index in [2.05, 4.69) is 34.5 Å². The van der Waals surface area contributed by atoms with Crippen LogP contribution in [-0.4, -0.2) is 82.1 Å². The van der Waals surface area contributed by atoms with Gasteiger partial charge >= 0.3 is 0 Å². The van der Waals surface area contributed by atoms with Crippen LogP contribution >= 0.6 is 0 Å². The van der Waals surface area contributed by atoms with Crippen molar-refractivity contribution in [3.8, 4) is 0 Å². The van der Waals surface area contributed by atoms with Gasteiger partial charge in [-0.2, -0.15) is 5.10 Å². The first-order valence-electron chi connectivity index (χ1n) is 12.0. The molecule has 1 saturated carbocycles. The molecule has 0 radical (unpaired) electrons. The van der Waals surface area contributed by atoms with E-state index in [1.165, 1.54) is 22.1 Å². The zero-order valence-electron chi connectivity index (χ0n) is 19.9. The SMILES string of the molecule is CCN(CC)CCCNC(=O)c1cc2n(n1)CC(C)(C(=O)NC1CCCCC1)N(C)C2=O. The number of likely N-dealkylation sites (N-methyl/N-ethyl adjacent to an activating group) is 1. The fourth-order valence-corrected chi connectivity index (χ4v) is 4.56. The Morgan fingerprint density at radius 1 is 1.22 bits per heavy atom. The molecule has 1 aliphatic heterocycles. The van der Waals surface area contributed by atoms with Crippen LogP contribution in [0.3, 0.4) is 0 Å². The standard InChI is InChI=1S/C23H38N6O3/c1-5-28(6-2)14-10-13-24-20(30)18-15-19-21(31)27(4)23(3,16-29(19)26-18)22(32)25-17-11-8-7-9-12-17/h15,17H,5-14,16H2,1-4H3,(H,24,30)(H,25,32). The molecule has 1 unspecified atom stereocenters. The Bertz CT molecular complexity index is 828. The predicted molar refractivity (Wildman–Crippen MR) is 122 cm³/mol. The number of amides is 3. The molecule has 2 N–H and O–H groups in total. The van der Waals surface area contributed by atoms with Crippen LogP contribution in [0.5, 0.6) is 0 Å². The van der Waals surface area contributed by atoms with Crippen LogP contribution in [0.2, 0.25) is 0 Å². The molecule has 0 saturated heterocycles. The quantitative estimate of drug-likeness (QED) is 0.562. The number of aromatic nitrogens is 2. The van der Waals surface area contributed by atoms with Crippen LogP contribution in [0.15, 0.2) is 6.07 Å². The monoisotopic (exact) mass is 446 g/mol. The third-order valence-electron chi connectivity index (χ3n) is 6.99. The van der Waals surface area contributed by atoms with Crippen molar-refractivity contribution < 1.29 is 14.4 Å². The van der Waals surface area contributed by atoms with Gasteiger partial charge in [0, 0.05) is 25.7 Å². The van der Waals surface area contributed by atoms with Gasteiger partial charge < -0.3 is 20.4 Å². The fraction of sp³-hybridized carbons (Fsp3) is 0.739. The lowest BCUT2D eigenvalue weighted by atomic mass is 9.92. The minimum Gasteiger partial charge on any atom is -0.351 e. The van der Waals surface area contributed by atoms with Gasteiger partial charge in [0.05, 0.1) is 6.54 Å². The number of nitrogens with zero attached hydrogens (tertiary/aromatic N) is 4. The molecule has 2 aliphatic rings. The third kappa shape index (κ3) is 5.14. The number of nitrogens with one attached hydrogen (secondary N) is 2. The second kappa shape index (κ2) is 10.5. The maximum atomic E-state index is 13.1. The summed E-state index contributed by atoms with van der Waals surface area (Å²) in [6, 6.07) is 1.69. The first-order valence-corrected chi connectivity index (χ1v) is 12.0. The Kier molecular flexibility index (Phi) is 7.92. The van der Waals surface area contributed by atoms with Crippen molar-refractivity contribution in [1.82, 2.24) is 30.2 Å². The minimum absolute atomic E-state index is 0.160. The van der Waals surface area contributed by atoms with Crippen LogP contribution in [0.25, 0.3) is 0 Å². The van der Waals surface area contributed by atoms with Gasteiger partial charge in [0.2, 0.25) is 5.91 Å². The Morgan fingerprint density at radius 2 is 1.91 bits per heavy atom. The summed E-state index contributed by atoms with van der Waals surface area (Å²) in [5.41, 5.74) is -0.504. The predicted octanol–water partition coefficient (Wildman–Crippen LogP) is 1.64. The summed E-state index contributed by atoms with van der Waals surface area (Å²) in [4.78, 5) is 42.5. The topological polar surface area (TPSA) is 99.6 Å². The van der Waals surface area contributed by atoms with Gasteiger partial charge in [0.1, 0.15) is 11.2 Å². The van der Waals surface area contributed by atoms with E-state index in [1.54, 1.807) is 14.0 Å². The summed E-state index contributed by atoms with van der Waals surface area (Å²) < 4.78 is 1.51. The Balaban J connectivity index is 1.64. The Labute approximate surface area is 190 Å². The molecule has 9 nitrogen and oxygen atoms in total. The van der Waals surface area contributed by atoms with E-state index in [0.29, 0.717) is 12.2 Å². The highest BCUT2D eigenvalue weighted by Gasteiger charge is 2.46. The number of carbonyl (C=O) groups is 3. The summed E-state index contributed by atoms with van der Waals surface area (Å²) in [6.07, 6.45) is 6.25. The number of rotatable bonds is 9. The summed E-state index contributed by atoms with van der Waals surface area (Å²) >= 11 is 0. The summed E-state index contributed by atoms with van der Waals surface area (Å²) in [6.45, 7) is 9.67. The van der Waals surface area contributed by atoms with Crippen molar-refractivity contribution in [3.05, 3.63) is 17.5 Å². The molecule has 3 amide bonds. The molecule has 178 valence electrons. The molecular weight excluding hydrogens is 408 g/mol. The molecule has 9 heteroatoms. The van der Waals surface area contributed by atoms with E-state index < -0.39 is 5.54 Å². The van der Waals surface area contributed by atoms with Crippen molar-refractivity contribution in [1.29, 1.82) is 0 Å². The van der Waals surface area contributed by atoms with Crippen LogP contribution in [0.4, 0.5) is 0 Å². The summed E-state index contributed by atoms with van der Waals surface area (Å²) in [5.74, 6) is -0.760. The molecule has 1 aliphatic carbocycles. The van der Waals surface area contributed by atoms with Gasteiger partial charge in [-0.3, -0.25) is 19.1 Å². The first-order chi connectivity index (χ1) is 15.3. The molecule has 2 heterocycles. The third-order valence-corrected chi connectivity index (χ3v) is 6.99. The van der Waals surface area contributed by atoms with Crippen LogP contribution in [0.1, 0.15) is 80.3 Å². The van der Waals surface area contributed by atoms with Gasteiger partial charge in [0.25, 0.3) is 11.8 Å². The van der Waals surface area contributed by atoms with E-state index >= 15 is 0 Å². The van der Waals surface area contributed by atoms with Crippen molar-refractivity contribution >= 4 is 17.7 Å². The van der Waals surface area contributed by atoms with E-state index in [9.17, 15) is 14.4 Å². The van der Waals surface area contributed by atoms with Crippen LogP contribution in [0, 0.1) is 0 Å². The van der Waals surface area contributed by atoms with Crippen molar-refractivity contribution in [3.63, 3.8) is 0 Å². The summed E-state index contributed by atoms with van der Waals surface area (Å²) in [7, 11) is 1.65. The highest BCUT2D eigenvalue weighted by Crippen LogP contribution is 2.27. The smallest absolute Gasteiger partial charge is 0.272 e. The highest BCUT2D eigenvalue weighted by atomic mass is 16.2. The highest BCUT2D eigenvalue weighted by molar-refractivity contribution is 6.01. The zero-order valence-corrected chi connectivity index (χ0v) is 19.9. The maximum absolute atomic E-state index is 13.1. The largest absolute Gasteiger partial charge is 0.351 e. The van der Waals surface area contributed by atoms with E-state index in [-0.39, 0.29) is 36.0 Å². The molecule has 0 bridgehead atoms. The molecular formula is C23H38N6O3. The first kappa shape index (κ1) is 24.2. The van der Waals surface area contributed by atoms with Gasteiger partial charge in [-0.15, -0.1) is 0 Å². The number of carbonyl (C=O) groups excluding carboxylic acids is 3. The lowest BCUT2D eigenvalue weighted by molar-refractivity contribution is -0.133. The molecule has 1 aromatic rings. The van der Waals surface area contributed by atoms with E-state index in [1.807, 2.05) is 0 Å². The van der Waals surface area contributed by atoms with Crippen LogP contribution in [-0.2, 0) is 11.3 Å². The summed E-state index contributed by atoms with van der Waals surface area (Å²) in [5, 5.41) is 10.4. The molecule has 0 aromatic carbocycles. The van der Waals surface area contributed by atoms with Crippen molar-refractivity contribution in [2.24, 2.45) is 0 Å². The molecule has 1 fully saturated rings. The number of hydrogen-bond acceptors (Lipinski definition) is 5. The van der Waals surface area contributed by atoms with E-state index in [4.69, 9.17) is 0 Å². The van der Waals surface area contributed by atoms with Crippen molar-refractivity contribution in [2.75, 3.05) is 33.2 Å². The fourth-order valence-electron chi connectivity index (χ4n) is 4.56. The molecule has 32 heavy (non-hydrogen) atoms. The minimum atomic E-state index is -1.05. The Hall–Kier alpha value is -2.42. The molecule has 1 atom stereocenters. The van der Waals surface area contributed by atoms with E-state index in [0.717, 1.165) is 51.7 Å². The lowest BCUT2D eigenvalue weighted by Gasteiger charge is -2.41. The van der Waals surface area contributed by atoms with Gasteiger partial charge in [-0.1, -0.05) is 33.1 Å². The van der Waals surface area contributed by atoms with Crippen LogP contribution < -0.4 is 10.6 Å².